The molecule has 1 saturated heterocycles. The molecule has 2 N–H and O–H groups in total. The third-order valence-electron chi connectivity index (χ3n) is 9.67. The zero-order valence-corrected chi connectivity index (χ0v) is 30.6. The summed E-state index contributed by atoms with van der Waals surface area (Å²) in [5.74, 6) is 0.448. The van der Waals surface area contributed by atoms with Crippen molar-refractivity contribution < 1.29 is 13.2 Å². The number of anilines is 2. The standard InChI is InChI=1S/C39H48N6O3S/c1-37(2,3)27-19-20-40-31(21-27)30-18-17-25-23-39(7,8)45(24-25)35-29(36(46)44-49(47,48)33-16-12-15-32(41-30)42-33)22-28(26-13-10-9-11-14-26)34(43-35)38(4,5)6/h9-16,19-22,25,30H,17-18,23-24H2,1-8H3,(H,41,42)(H,44,46)/t25-,30?/m0/s1. The van der Waals surface area contributed by atoms with E-state index in [0.717, 1.165) is 41.8 Å². The number of benzene rings is 1. The van der Waals surface area contributed by atoms with Crippen molar-refractivity contribution in [2.24, 2.45) is 5.92 Å². The van der Waals surface area contributed by atoms with Crippen molar-refractivity contribution in [2.75, 3.05) is 16.8 Å². The van der Waals surface area contributed by atoms with Crippen LogP contribution < -0.4 is 14.9 Å². The first-order valence-electron chi connectivity index (χ1n) is 17.1. The van der Waals surface area contributed by atoms with Crippen LogP contribution in [0.2, 0.25) is 0 Å². The van der Waals surface area contributed by atoms with Gasteiger partial charge in [0, 0.05) is 29.3 Å². The largest absolute Gasteiger partial charge is 0.362 e. The molecule has 1 aromatic carbocycles. The summed E-state index contributed by atoms with van der Waals surface area (Å²) in [6.45, 7) is 17.9. The van der Waals surface area contributed by atoms with Crippen LogP contribution in [0.3, 0.4) is 0 Å². The Labute approximate surface area is 291 Å². The van der Waals surface area contributed by atoms with E-state index in [-0.39, 0.29) is 33.0 Å². The van der Waals surface area contributed by atoms with Gasteiger partial charge in [-0.2, -0.15) is 8.42 Å². The van der Waals surface area contributed by atoms with Crippen LogP contribution in [0, 0.1) is 5.92 Å². The van der Waals surface area contributed by atoms with Gasteiger partial charge >= 0.3 is 0 Å². The van der Waals surface area contributed by atoms with Gasteiger partial charge in [-0.3, -0.25) is 9.78 Å². The molecule has 4 aromatic rings. The minimum Gasteiger partial charge on any atom is -0.362 e. The molecule has 2 aliphatic heterocycles. The lowest BCUT2D eigenvalue weighted by molar-refractivity contribution is 0.0981. The highest BCUT2D eigenvalue weighted by molar-refractivity contribution is 7.90. The quantitative estimate of drug-likeness (QED) is 0.220. The monoisotopic (exact) mass is 680 g/mol. The Balaban J connectivity index is 1.51. The summed E-state index contributed by atoms with van der Waals surface area (Å²) in [6.07, 6.45) is 4.37. The maximum atomic E-state index is 14.2. The van der Waals surface area contributed by atoms with E-state index in [2.05, 4.69) is 81.4 Å². The molecule has 5 heterocycles. The van der Waals surface area contributed by atoms with Crippen LogP contribution in [-0.4, -0.2) is 41.4 Å². The molecule has 49 heavy (non-hydrogen) atoms. The predicted molar refractivity (Wildman–Crippen MR) is 195 cm³/mol. The summed E-state index contributed by atoms with van der Waals surface area (Å²) >= 11 is 0. The number of carbonyl (C=O) groups is 1. The number of rotatable bonds is 2. The number of aromatic nitrogens is 3. The first-order chi connectivity index (χ1) is 22.9. The maximum absolute atomic E-state index is 14.2. The Morgan fingerprint density at radius 3 is 2.29 bits per heavy atom. The van der Waals surface area contributed by atoms with Crippen molar-refractivity contribution in [3.63, 3.8) is 0 Å². The van der Waals surface area contributed by atoms with Crippen LogP contribution in [0.4, 0.5) is 11.6 Å². The number of nitrogens with zero attached hydrogens (tertiary/aromatic N) is 4. The molecule has 1 unspecified atom stereocenters. The van der Waals surface area contributed by atoms with E-state index in [4.69, 9.17) is 9.97 Å². The summed E-state index contributed by atoms with van der Waals surface area (Å²) in [5.41, 5.74) is 4.04. The van der Waals surface area contributed by atoms with Crippen molar-refractivity contribution in [1.29, 1.82) is 0 Å². The van der Waals surface area contributed by atoms with Gasteiger partial charge in [0.2, 0.25) is 0 Å². The Bertz CT molecular complexity index is 1980. The third-order valence-corrected chi connectivity index (χ3v) is 10.9. The van der Waals surface area contributed by atoms with Gasteiger partial charge < -0.3 is 10.2 Å². The molecule has 3 aromatic heterocycles. The van der Waals surface area contributed by atoms with Crippen molar-refractivity contribution in [2.45, 2.75) is 102 Å². The first kappa shape index (κ1) is 34.5. The second-order valence-electron chi connectivity index (χ2n) is 16.2. The zero-order chi connectivity index (χ0) is 35.4. The second-order valence-corrected chi connectivity index (χ2v) is 17.8. The van der Waals surface area contributed by atoms with E-state index < -0.39 is 15.9 Å². The molecule has 1 amide bonds. The number of hydrogen-bond donors (Lipinski definition) is 2. The zero-order valence-electron chi connectivity index (χ0n) is 29.8. The van der Waals surface area contributed by atoms with Crippen molar-refractivity contribution in [3.8, 4) is 11.1 Å². The lowest BCUT2D eigenvalue weighted by atomic mass is 9.85. The van der Waals surface area contributed by atoms with E-state index in [0.29, 0.717) is 24.1 Å². The molecule has 2 aliphatic rings. The van der Waals surface area contributed by atoms with Crippen molar-refractivity contribution >= 4 is 27.6 Å². The van der Waals surface area contributed by atoms with E-state index >= 15 is 0 Å². The summed E-state index contributed by atoms with van der Waals surface area (Å²) in [7, 11) is -4.35. The summed E-state index contributed by atoms with van der Waals surface area (Å²) in [5, 5.41) is 3.25. The maximum Gasteiger partial charge on any atom is 0.281 e. The lowest BCUT2D eigenvalue weighted by Crippen LogP contribution is -2.41. The highest BCUT2D eigenvalue weighted by atomic mass is 32.2. The van der Waals surface area contributed by atoms with Crippen molar-refractivity contribution in [1.82, 2.24) is 19.7 Å². The van der Waals surface area contributed by atoms with Crippen LogP contribution >= 0.6 is 0 Å². The van der Waals surface area contributed by atoms with Crippen LogP contribution in [0.1, 0.15) is 108 Å². The number of pyridine rings is 3. The topological polar surface area (TPSA) is 117 Å². The third kappa shape index (κ3) is 7.20. The smallest absolute Gasteiger partial charge is 0.281 e. The second kappa shape index (κ2) is 12.5. The van der Waals surface area contributed by atoms with Crippen LogP contribution in [0.5, 0.6) is 0 Å². The minimum atomic E-state index is -4.35. The molecule has 9 nitrogen and oxygen atoms in total. The van der Waals surface area contributed by atoms with Crippen molar-refractivity contribution in [3.05, 3.63) is 95.4 Å². The van der Waals surface area contributed by atoms with Gasteiger partial charge in [0.05, 0.1) is 23.0 Å². The molecular formula is C39H48N6O3S. The molecule has 0 aliphatic carbocycles. The number of fused-ring (bicyclic) bond motifs is 6. The van der Waals surface area contributed by atoms with Crippen LogP contribution in [0.15, 0.2) is 78.0 Å². The van der Waals surface area contributed by atoms with E-state index in [1.807, 2.05) is 48.7 Å². The highest BCUT2D eigenvalue weighted by Crippen LogP contribution is 2.43. The highest BCUT2D eigenvalue weighted by Gasteiger charge is 2.42. The lowest BCUT2D eigenvalue weighted by Gasteiger charge is -2.35. The average molecular weight is 681 g/mol. The number of amides is 1. The Kier molecular flexibility index (Phi) is 8.84. The van der Waals surface area contributed by atoms with Gasteiger partial charge in [0.1, 0.15) is 11.6 Å². The fourth-order valence-electron chi connectivity index (χ4n) is 7.09. The Hall–Kier alpha value is -4.31. The molecule has 6 rings (SSSR count). The SMILES string of the molecule is CC(C)(C)c1ccnc(C2CC[C@@H]3CN(c4nc(C(C)(C)C)c(-c5ccccc5)cc4C(=O)NS(=O)(=O)c4cccc(n4)N2)C(C)(C)C3)c1. The average Bonchev–Trinajstić information content (AvgIpc) is 3.35. The molecule has 258 valence electrons. The summed E-state index contributed by atoms with van der Waals surface area (Å²) in [4.78, 5) is 31.0. The molecule has 0 saturated carbocycles. The molecule has 1 fully saturated rings. The van der Waals surface area contributed by atoms with E-state index in [1.165, 1.54) is 11.6 Å². The van der Waals surface area contributed by atoms with Gasteiger partial charge in [-0.25, -0.2) is 14.7 Å². The Morgan fingerprint density at radius 1 is 0.857 bits per heavy atom. The first-order valence-corrected chi connectivity index (χ1v) is 18.6. The Morgan fingerprint density at radius 2 is 1.59 bits per heavy atom. The molecule has 10 heteroatoms. The van der Waals surface area contributed by atoms with Gasteiger partial charge in [0.15, 0.2) is 5.03 Å². The molecule has 2 atom stereocenters. The van der Waals surface area contributed by atoms with E-state index in [9.17, 15) is 13.2 Å². The fourth-order valence-corrected chi connectivity index (χ4v) is 8.03. The molecule has 0 radical (unpaired) electrons. The normalized spacial score (nSPS) is 20.7. The van der Waals surface area contributed by atoms with Crippen LogP contribution in [-0.2, 0) is 20.9 Å². The van der Waals surface area contributed by atoms with Gasteiger partial charge in [-0.05, 0) is 85.9 Å². The summed E-state index contributed by atoms with van der Waals surface area (Å²) < 4.78 is 30.0. The minimum absolute atomic E-state index is 0.0649. The molecule has 4 bridgehead atoms. The summed E-state index contributed by atoms with van der Waals surface area (Å²) in [6, 6.07) is 20.4. The predicted octanol–water partition coefficient (Wildman–Crippen LogP) is 7.80. The van der Waals surface area contributed by atoms with Gasteiger partial charge in [0.25, 0.3) is 15.9 Å². The fraction of sp³-hybridized carbons (Fsp3) is 0.436. The molecular weight excluding hydrogens is 633 g/mol. The van der Waals surface area contributed by atoms with E-state index in [1.54, 1.807) is 12.1 Å². The van der Waals surface area contributed by atoms with Gasteiger partial charge in [-0.15, -0.1) is 0 Å². The number of hydrogen-bond acceptors (Lipinski definition) is 8. The van der Waals surface area contributed by atoms with Gasteiger partial charge in [-0.1, -0.05) is 77.9 Å². The number of nitrogens with one attached hydrogen (secondary N) is 2. The van der Waals surface area contributed by atoms with Crippen LogP contribution in [0.25, 0.3) is 11.1 Å². The number of carbonyl (C=O) groups excluding carboxylic acids is 1. The number of sulfonamides is 1. The molecule has 0 spiro atoms.